The average molecular weight is 298 g/mol. The lowest BCUT2D eigenvalue weighted by atomic mass is 9.97. The molecule has 20 heavy (non-hydrogen) atoms. The molecule has 0 saturated heterocycles. The van der Waals surface area contributed by atoms with Crippen LogP contribution in [0.1, 0.15) is 24.8 Å². The fourth-order valence-corrected chi connectivity index (χ4v) is 3.84. The normalized spacial score (nSPS) is 23.1. The standard InChI is InChI=1S/C14H22N2O3S/c1-10-5-6-13(7-14(10)15)20(18,19)16-8-11-3-2-4-12(11)9-17/h5-7,11-12,16-17H,2-4,8-9,15H2,1H3. The van der Waals surface area contributed by atoms with Gasteiger partial charge in [0.1, 0.15) is 0 Å². The van der Waals surface area contributed by atoms with Crippen molar-refractivity contribution < 1.29 is 13.5 Å². The molecule has 1 fully saturated rings. The Morgan fingerprint density at radius 2 is 2.05 bits per heavy atom. The fraction of sp³-hybridized carbons (Fsp3) is 0.571. The number of anilines is 1. The van der Waals surface area contributed by atoms with Gasteiger partial charge in [-0.15, -0.1) is 0 Å². The number of nitrogen functional groups attached to an aromatic ring is 1. The minimum absolute atomic E-state index is 0.129. The van der Waals surface area contributed by atoms with Gasteiger partial charge in [0.25, 0.3) is 0 Å². The molecule has 0 spiro atoms. The summed E-state index contributed by atoms with van der Waals surface area (Å²) in [5.41, 5.74) is 7.09. The summed E-state index contributed by atoms with van der Waals surface area (Å²) in [6.45, 7) is 2.34. The molecule has 112 valence electrons. The summed E-state index contributed by atoms with van der Waals surface area (Å²) >= 11 is 0. The smallest absolute Gasteiger partial charge is 0.240 e. The third-order valence-electron chi connectivity index (χ3n) is 4.15. The van der Waals surface area contributed by atoms with Gasteiger partial charge in [-0.25, -0.2) is 13.1 Å². The van der Waals surface area contributed by atoms with Crippen molar-refractivity contribution in [1.82, 2.24) is 4.72 Å². The van der Waals surface area contributed by atoms with Crippen LogP contribution in [0.25, 0.3) is 0 Å². The number of nitrogens with one attached hydrogen (secondary N) is 1. The largest absolute Gasteiger partial charge is 0.398 e. The highest BCUT2D eigenvalue weighted by molar-refractivity contribution is 7.89. The highest BCUT2D eigenvalue weighted by Gasteiger charge is 2.28. The number of aliphatic hydroxyl groups excluding tert-OH is 1. The number of hydrogen-bond acceptors (Lipinski definition) is 4. The zero-order chi connectivity index (χ0) is 14.8. The van der Waals surface area contributed by atoms with Crippen LogP contribution in [0.2, 0.25) is 0 Å². The first-order valence-corrected chi connectivity index (χ1v) is 8.39. The van der Waals surface area contributed by atoms with Crippen LogP contribution in [0, 0.1) is 18.8 Å². The van der Waals surface area contributed by atoms with Gasteiger partial charge >= 0.3 is 0 Å². The molecule has 1 aromatic rings. The van der Waals surface area contributed by atoms with E-state index in [2.05, 4.69) is 4.72 Å². The second-order valence-electron chi connectivity index (χ2n) is 5.50. The monoisotopic (exact) mass is 298 g/mol. The molecule has 0 radical (unpaired) electrons. The molecule has 2 rings (SSSR count). The molecule has 0 heterocycles. The van der Waals surface area contributed by atoms with Crippen LogP contribution in [-0.2, 0) is 10.0 Å². The second kappa shape index (κ2) is 6.11. The molecule has 2 atom stereocenters. The first-order valence-electron chi connectivity index (χ1n) is 6.90. The van der Waals surface area contributed by atoms with Crippen molar-refractivity contribution in [2.24, 2.45) is 11.8 Å². The third kappa shape index (κ3) is 3.31. The lowest BCUT2D eigenvalue weighted by Gasteiger charge is -2.18. The van der Waals surface area contributed by atoms with Gasteiger partial charge in [0.15, 0.2) is 0 Å². The SMILES string of the molecule is Cc1ccc(S(=O)(=O)NCC2CCCC2CO)cc1N. The molecule has 1 saturated carbocycles. The molecular weight excluding hydrogens is 276 g/mol. The van der Waals surface area contributed by atoms with Crippen LogP contribution >= 0.6 is 0 Å². The average Bonchev–Trinajstić information content (AvgIpc) is 2.87. The van der Waals surface area contributed by atoms with Gasteiger partial charge in [0.2, 0.25) is 10.0 Å². The number of aliphatic hydroxyl groups is 1. The van der Waals surface area contributed by atoms with E-state index in [9.17, 15) is 13.5 Å². The minimum atomic E-state index is -3.53. The molecule has 4 N–H and O–H groups in total. The summed E-state index contributed by atoms with van der Waals surface area (Å²) in [6.07, 6.45) is 2.99. The van der Waals surface area contributed by atoms with Gasteiger partial charge in [-0.1, -0.05) is 12.5 Å². The van der Waals surface area contributed by atoms with Crippen molar-refractivity contribution >= 4 is 15.7 Å². The van der Waals surface area contributed by atoms with Crippen LogP contribution in [0.4, 0.5) is 5.69 Å². The maximum atomic E-state index is 12.2. The van der Waals surface area contributed by atoms with Crippen molar-refractivity contribution in [3.05, 3.63) is 23.8 Å². The molecule has 5 nitrogen and oxygen atoms in total. The maximum Gasteiger partial charge on any atom is 0.240 e. The molecule has 1 aromatic carbocycles. The van der Waals surface area contributed by atoms with Gasteiger partial charge in [-0.3, -0.25) is 0 Å². The summed E-state index contributed by atoms with van der Waals surface area (Å²) in [5.74, 6) is 0.429. The number of rotatable bonds is 5. The fourth-order valence-electron chi connectivity index (χ4n) is 2.71. The Morgan fingerprint density at radius 3 is 2.70 bits per heavy atom. The van der Waals surface area contributed by atoms with Crippen molar-refractivity contribution in [2.75, 3.05) is 18.9 Å². The van der Waals surface area contributed by atoms with E-state index in [-0.39, 0.29) is 23.3 Å². The molecule has 6 heteroatoms. The molecule has 0 aliphatic heterocycles. The zero-order valence-electron chi connectivity index (χ0n) is 11.7. The second-order valence-corrected chi connectivity index (χ2v) is 7.27. The number of hydrogen-bond donors (Lipinski definition) is 3. The zero-order valence-corrected chi connectivity index (χ0v) is 12.5. The van der Waals surface area contributed by atoms with Crippen LogP contribution < -0.4 is 10.5 Å². The molecular formula is C14H22N2O3S. The molecule has 0 aromatic heterocycles. The lowest BCUT2D eigenvalue weighted by Crippen LogP contribution is -2.31. The van der Waals surface area contributed by atoms with Crippen LogP contribution in [0.5, 0.6) is 0 Å². The third-order valence-corrected chi connectivity index (χ3v) is 5.57. The number of nitrogens with two attached hydrogens (primary N) is 1. The summed E-state index contributed by atoms with van der Waals surface area (Å²) in [7, 11) is -3.53. The Balaban J connectivity index is 2.05. The van der Waals surface area contributed by atoms with Crippen molar-refractivity contribution in [1.29, 1.82) is 0 Å². The Labute approximate surface area is 120 Å². The van der Waals surface area contributed by atoms with Gasteiger partial charge < -0.3 is 10.8 Å². The first kappa shape index (κ1) is 15.3. The van der Waals surface area contributed by atoms with Crippen LogP contribution in [0.15, 0.2) is 23.1 Å². The summed E-state index contributed by atoms with van der Waals surface area (Å²) in [5, 5.41) is 9.26. The molecule has 0 bridgehead atoms. The van der Waals surface area contributed by atoms with Crippen molar-refractivity contribution in [2.45, 2.75) is 31.1 Å². The Kier molecular flexibility index (Phi) is 4.67. The van der Waals surface area contributed by atoms with E-state index in [1.807, 2.05) is 6.92 Å². The highest BCUT2D eigenvalue weighted by atomic mass is 32.2. The van der Waals surface area contributed by atoms with Crippen molar-refractivity contribution in [3.63, 3.8) is 0 Å². The van der Waals surface area contributed by atoms with Gasteiger partial charge in [0.05, 0.1) is 4.90 Å². The predicted molar refractivity (Wildman–Crippen MR) is 78.7 cm³/mol. The summed E-state index contributed by atoms with van der Waals surface area (Å²) in [4.78, 5) is 0.194. The lowest BCUT2D eigenvalue weighted by molar-refractivity contribution is 0.195. The van der Waals surface area contributed by atoms with E-state index in [0.717, 1.165) is 24.8 Å². The number of sulfonamides is 1. The number of aryl methyl sites for hydroxylation is 1. The first-order chi connectivity index (χ1) is 9.44. The van der Waals surface area contributed by atoms with Crippen LogP contribution in [0.3, 0.4) is 0 Å². The Morgan fingerprint density at radius 1 is 1.35 bits per heavy atom. The van der Waals surface area contributed by atoms with E-state index in [1.54, 1.807) is 12.1 Å². The Hall–Kier alpha value is -1.11. The van der Waals surface area contributed by atoms with Crippen LogP contribution in [-0.4, -0.2) is 26.7 Å². The quantitative estimate of drug-likeness (QED) is 0.714. The van der Waals surface area contributed by atoms with Gasteiger partial charge in [-0.05, 0) is 49.3 Å². The van der Waals surface area contributed by atoms with Crippen molar-refractivity contribution in [3.8, 4) is 0 Å². The van der Waals surface area contributed by atoms with Gasteiger partial charge in [0, 0.05) is 18.8 Å². The van der Waals surface area contributed by atoms with E-state index >= 15 is 0 Å². The molecule has 1 aliphatic carbocycles. The number of benzene rings is 1. The van der Waals surface area contributed by atoms with E-state index in [4.69, 9.17) is 5.73 Å². The minimum Gasteiger partial charge on any atom is -0.398 e. The predicted octanol–water partition coefficient (Wildman–Crippen LogP) is 1.26. The molecule has 2 unspecified atom stereocenters. The van der Waals surface area contributed by atoms with E-state index in [0.29, 0.717) is 12.2 Å². The summed E-state index contributed by atoms with van der Waals surface area (Å²) < 4.78 is 27.1. The Bertz CT molecular complexity index is 572. The highest BCUT2D eigenvalue weighted by Crippen LogP contribution is 2.31. The van der Waals surface area contributed by atoms with E-state index < -0.39 is 10.0 Å². The molecule has 1 aliphatic rings. The molecule has 0 amide bonds. The van der Waals surface area contributed by atoms with Gasteiger partial charge in [-0.2, -0.15) is 0 Å². The van der Waals surface area contributed by atoms with E-state index in [1.165, 1.54) is 6.07 Å². The topological polar surface area (TPSA) is 92.4 Å². The maximum absolute atomic E-state index is 12.2. The summed E-state index contributed by atoms with van der Waals surface area (Å²) in [6, 6.07) is 4.75.